The summed E-state index contributed by atoms with van der Waals surface area (Å²) in [6.45, 7) is 0. The van der Waals surface area contributed by atoms with E-state index in [0.717, 1.165) is 22.5 Å². The largest absolute Gasteiger partial charge is 0.351 e. The first-order chi connectivity index (χ1) is 11.8. The minimum atomic E-state index is -0.301. The Hall–Kier alpha value is -2.91. The fourth-order valence-corrected chi connectivity index (χ4v) is 2.64. The first kappa shape index (κ1) is 16.0. The van der Waals surface area contributed by atoms with Crippen LogP contribution in [0.1, 0.15) is 17.3 Å². The van der Waals surface area contributed by atoms with Gasteiger partial charge in [-0.1, -0.05) is 78.9 Å². The lowest BCUT2D eigenvalue weighted by Crippen LogP contribution is -2.34. The van der Waals surface area contributed by atoms with Crippen molar-refractivity contribution in [3.8, 4) is 11.1 Å². The monoisotopic (exact) mass is 315 g/mol. The molecule has 0 radical (unpaired) electrons. The number of rotatable bonds is 4. The quantitative estimate of drug-likeness (QED) is 0.435. The van der Waals surface area contributed by atoms with Gasteiger partial charge < -0.3 is 11.1 Å². The van der Waals surface area contributed by atoms with Crippen molar-refractivity contribution in [3.63, 3.8) is 0 Å². The van der Waals surface area contributed by atoms with Gasteiger partial charge in [0.2, 0.25) is 0 Å². The third kappa shape index (κ3) is 3.70. The average Bonchev–Trinajstić information content (AvgIpc) is 2.67. The van der Waals surface area contributed by atoms with Crippen LogP contribution in [0.15, 0.2) is 89.9 Å². The molecule has 0 aliphatic rings. The van der Waals surface area contributed by atoms with E-state index in [1.54, 1.807) is 7.05 Å². The van der Waals surface area contributed by atoms with E-state index in [0.29, 0.717) is 0 Å². The zero-order valence-corrected chi connectivity index (χ0v) is 13.7. The number of nitrogens with one attached hydrogen (secondary N) is 1. The number of aliphatic imine (C=N–C) groups is 1. The third-order valence-corrected chi connectivity index (χ3v) is 3.92. The molecule has 120 valence electrons. The molecular formula is C21H21N3. The van der Waals surface area contributed by atoms with Crippen molar-refractivity contribution in [3.05, 3.63) is 96.1 Å². The minimum absolute atomic E-state index is 0.301. The van der Waals surface area contributed by atoms with Gasteiger partial charge in [-0.05, 0) is 22.8 Å². The van der Waals surface area contributed by atoms with Crippen molar-refractivity contribution in [2.24, 2.45) is 10.7 Å². The molecule has 0 heterocycles. The van der Waals surface area contributed by atoms with Crippen LogP contribution in [0.5, 0.6) is 0 Å². The Morgan fingerprint density at radius 3 is 2.12 bits per heavy atom. The second kappa shape index (κ2) is 7.57. The van der Waals surface area contributed by atoms with E-state index in [9.17, 15) is 0 Å². The van der Waals surface area contributed by atoms with Gasteiger partial charge in [0.25, 0.3) is 0 Å². The molecule has 24 heavy (non-hydrogen) atoms. The zero-order valence-electron chi connectivity index (χ0n) is 13.7. The third-order valence-electron chi connectivity index (χ3n) is 3.92. The van der Waals surface area contributed by atoms with E-state index in [1.165, 1.54) is 5.56 Å². The summed E-state index contributed by atoms with van der Waals surface area (Å²) in [5.41, 5.74) is 10.6. The Morgan fingerprint density at radius 2 is 1.46 bits per heavy atom. The van der Waals surface area contributed by atoms with Gasteiger partial charge >= 0.3 is 0 Å². The summed E-state index contributed by atoms with van der Waals surface area (Å²) in [5.74, 6) is 0.782. The lowest BCUT2D eigenvalue weighted by atomic mass is 10.0. The summed E-state index contributed by atoms with van der Waals surface area (Å²) in [5, 5.41) is 3.31. The van der Waals surface area contributed by atoms with Crippen LogP contribution in [-0.2, 0) is 0 Å². The van der Waals surface area contributed by atoms with Gasteiger partial charge in [-0.25, -0.2) is 0 Å². The Balaban J connectivity index is 1.84. The molecule has 1 atom stereocenters. The van der Waals surface area contributed by atoms with Crippen LogP contribution in [0.2, 0.25) is 0 Å². The van der Waals surface area contributed by atoms with Gasteiger partial charge in [-0.2, -0.15) is 0 Å². The number of nitrogens with zero attached hydrogens (tertiary/aromatic N) is 1. The van der Waals surface area contributed by atoms with Crippen LogP contribution in [0, 0.1) is 0 Å². The molecule has 1 unspecified atom stereocenters. The van der Waals surface area contributed by atoms with Crippen LogP contribution in [0.25, 0.3) is 11.1 Å². The van der Waals surface area contributed by atoms with Crippen LogP contribution in [0.4, 0.5) is 0 Å². The number of benzene rings is 3. The predicted octanol–water partition coefficient (Wildman–Crippen LogP) is 3.98. The first-order valence-corrected chi connectivity index (χ1v) is 7.97. The van der Waals surface area contributed by atoms with Gasteiger partial charge in [0.15, 0.2) is 0 Å². The second-order valence-electron chi connectivity index (χ2n) is 5.55. The topological polar surface area (TPSA) is 50.4 Å². The lowest BCUT2D eigenvalue weighted by Gasteiger charge is -2.18. The van der Waals surface area contributed by atoms with Crippen molar-refractivity contribution in [2.45, 2.75) is 6.17 Å². The average molecular weight is 315 g/mol. The van der Waals surface area contributed by atoms with Crippen LogP contribution >= 0.6 is 0 Å². The van der Waals surface area contributed by atoms with Gasteiger partial charge in [-0.3, -0.25) is 4.99 Å². The van der Waals surface area contributed by atoms with E-state index in [4.69, 9.17) is 5.73 Å². The number of hydrogen-bond donors (Lipinski definition) is 2. The Morgan fingerprint density at radius 1 is 0.833 bits per heavy atom. The molecule has 3 N–H and O–H groups in total. The van der Waals surface area contributed by atoms with Gasteiger partial charge in [0.1, 0.15) is 12.0 Å². The van der Waals surface area contributed by atoms with E-state index in [2.05, 4.69) is 34.6 Å². The standard InChI is InChI=1S/C21H21N3/c1-23-21(24-20(22)17-11-6-3-7-12-17)19-14-8-13-18(15-19)16-9-4-2-5-10-16/h2-15,20H,22H2,1H3,(H,23,24). The Labute approximate surface area is 142 Å². The molecule has 3 nitrogen and oxygen atoms in total. The molecule has 3 aromatic rings. The molecule has 3 heteroatoms. The summed E-state index contributed by atoms with van der Waals surface area (Å²) in [7, 11) is 1.77. The molecule has 0 aromatic heterocycles. The maximum Gasteiger partial charge on any atom is 0.129 e. The summed E-state index contributed by atoms with van der Waals surface area (Å²) in [4.78, 5) is 4.38. The molecule has 0 bridgehead atoms. The van der Waals surface area contributed by atoms with E-state index >= 15 is 0 Å². The molecule has 0 fully saturated rings. The molecule has 3 rings (SSSR count). The van der Waals surface area contributed by atoms with Crippen molar-refractivity contribution < 1.29 is 0 Å². The Kier molecular flexibility index (Phi) is 5.04. The summed E-state index contributed by atoms with van der Waals surface area (Å²) in [6, 6.07) is 28.6. The minimum Gasteiger partial charge on any atom is -0.351 e. The molecule has 0 aliphatic carbocycles. The summed E-state index contributed by atoms with van der Waals surface area (Å²) < 4.78 is 0. The normalized spacial score (nSPS) is 12.7. The lowest BCUT2D eigenvalue weighted by molar-refractivity contribution is 0.681. The van der Waals surface area contributed by atoms with Gasteiger partial charge in [0.05, 0.1) is 0 Å². The smallest absolute Gasteiger partial charge is 0.129 e. The summed E-state index contributed by atoms with van der Waals surface area (Å²) in [6.07, 6.45) is -0.301. The van der Waals surface area contributed by atoms with Crippen LogP contribution in [-0.4, -0.2) is 12.9 Å². The SMILES string of the molecule is CN=C(NC(N)c1ccccc1)c1cccc(-c2ccccc2)c1. The molecule has 0 saturated heterocycles. The predicted molar refractivity (Wildman–Crippen MR) is 101 cm³/mol. The maximum absolute atomic E-state index is 6.27. The van der Waals surface area contributed by atoms with Crippen molar-refractivity contribution in [1.82, 2.24) is 5.32 Å². The van der Waals surface area contributed by atoms with Crippen molar-refractivity contribution >= 4 is 5.84 Å². The molecule has 0 aliphatic heterocycles. The highest BCUT2D eigenvalue weighted by Gasteiger charge is 2.10. The van der Waals surface area contributed by atoms with E-state index in [-0.39, 0.29) is 6.17 Å². The van der Waals surface area contributed by atoms with Gasteiger partial charge in [0, 0.05) is 12.6 Å². The highest BCUT2D eigenvalue weighted by atomic mass is 15.1. The molecule has 0 saturated carbocycles. The fourth-order valence-electron chi connectivity index (χ4n) is 2.64. The van der Waals surface area contributed by atoms with Crippen LogP contribution in [0.3, 0.4) is 0 Å². The molecular weight excluding hydrogens is 294 g/mol. The van der Waals surface area contributed by atoms with Crippen LogP contribution < -0.4 is 11.1 Å². The van der Waals surface area contributed by atoms with E-state index in [1.807, 2.05) is 60.7 Å². The highest BCUT2D eigenvalue weighted by Crippen LogP contribution is 2.20. The molecule has 0 amide bonds. The molecule has 0 spiro atoms. The maximum atomic E-state index is 6.27. The van der Waals surface area contributed by atoms with E-state index < -0.39 is 0 Å². The second-order valence-corrected chi connectivity index (χ2v) is 5.55. The fraction of sp³-hybridized carbons (Fsp3) is 0.0952. The van der Waals surface area contributed by atoms with Gasteiger partial charge in [-0.15, -0.1) is 0 Å². The highest BCUT2D eigenvalue weighted by molar-refractivity contribution is 5.99. The first-order valence-electron chi connectivity index (χ1n) is 7.97. The zero-order chi connectivity index (χ0) is 16.8. The number of hydrogen-bond acceptors (Lipinski definition) is 2. The Bertz CT molecular complexity index is 811. The molecule has 3 aromatic carbocycles. The number of amidine groups is 1. The summed E-state index contributed by atoms with van der Waals surface area (Å²) >= 11 is 0. The van der Waals surface area contributed by atoms with Crippen molar-refractivity contribution in [1.29, 1.82) is 0 Å². The van der Waals surface area contributed by atoms with Crippen molar-refractivity contribution in [2.75, 3.05) is 7.05 Å². The number of nitrogens with two attached hydrogens (primary N) is 1.